The maximum Gasteiger partial charge on any atom is 0.165 e. The zero-order chi connectivity index (χ0) is 18.5. The van der Waals surface area contributed by atoms with E-state index >= 15 is 0 Å². The fourth-order valence-corrected chi connectivity index (χ4v) is 3.33. The molecular weight excluding hydrogens is 340 g/mol. The summed E-state index contributed by atoms with van der Waals surface area (Å²) in [5.41, 5.74) is 1.50. The first-order valence-corrected chi connectivity index (χ1v) is 9.40. The Labute approximate surface area is 158 Å². The molecule has 140 valence electrons. The van der Waals surface area contributed by atoms with Crippen molar-refractivity contribution in [1.29, 1.82) is 0 Å². The van der Waals surface area contributed by atoms with Crippen LogP contribution in [0.1, 0.15) is 6.42 Å². The van der Waals surface area contributed by atoms with Crippen molar-refractivity contribution in [2.75, 3.05) is 44.7 Å². The summed E-state index contributed by atoms with van der Waals surface area (Å²) in [6, 6.07) is 15.1. The van der Waals surface area contributed by atoms with Gasteiger partial charge in [-0.1, -0.05) is 24.3 Å². The van der Waals surface area contributed by atoms with Gasteiger partial charge in [0.2, 0.25) is 0 Å². The Morgan fingerprint density at radius 3 is 2.63 bits per heavy atom. The Hall–Kier alpha value is -2.70. The molecular formula is C21H24N4O2. The average molecular weight is 364 g/mol. The van der Waals surface area contributed by atoms with Gasteiger partial charge in [0.15, 0.2) is 5.82 Å². The molecule has 0 bridgehead atoms. The summed E-state index contributed by atoms with van der Waals surface area (Å²) in [4.78, 5) is 11.8. The molecule has 2 heterocycles. The first-order chi connectivity index (χ1) is 13.3. The lowest BCUT2D eigenvalue weighted by Crippen LogP contribution is -2.37. The smallest absolute Gasteiger partial charge is 0.165 e. The number of hydrogen-bond donors (Lipinski definition) is 2. The van der Waals surface area contributed by atoms with Gasteiger partial charge >= 0.3 is 0 Å². The van der Waals surface area contributed by atoms with E-state index in [1.54, 1.807) is 12.1 Å². The van der Waals surface area contributed by atoms with Crippen LogP contribution in [0.5, 0.6) is 5.75 Å². The number of morpholine rings is 1. The van der Waals surface area contributed by atoms with Crippen LogP contribution in [0, 0.1) is 0 Å². The number of nitrogens with zero attached hydrogens (tertiary/aromatic N) is 3. The Morgan fingerprint density at radius 1 is 1.00 bits per heavy atom. The molecule has 1 saturated heterocycles. The number of hydrogen-bond acceptors (Lipinski definition) is 6. The minimum absolute atomic E-state index is 0.186. The fourth-order valence-electron chi connectivity index (χ4n) is 3.33. The lowest BCUT2D eigenvalue weighted by atomic mass is 10.1. The van der Waals surface area contributed by atoms with Gasteiger partial charge in [0, 0.05) is 25.0 Å². The third-order valence-electron chi connectivity index (χ3n) is 4.80. The normalized spacial score (nSPS) is 15.1. The van der Waals surface area contributed by atoms with E-state index in [0.29, 0.717) is 11.4 Å². The van der Waals surface area contributed by atoms with Gasteiger partial charge in [-0.05, 0) is 37.2 Å². The molecule has 6 heteroatoms. The molecule has 2 aromatic carbocycles. The number of aromatic hydroxyl groups is 1. The molecule has 6 nitrogen and oxygen atoms in total. The summed E-state index contributed by atoms with van der Waals surface area (Å²) in [7, 11) is 0. The molecule has 0 aliphatic carbocycles. The maximum absolute atomic E-state index is 10.2. The van der Waals surface area contributed by atoms with Crippen LogP contribution in [-0.4, -0.2) is 59.4 Å². The largest absolute Gasteiger partial charge is 0.507 e. The highest BCUT2D eigenvalue weighted by Gasteiger charge is 2.12. The van der Waals surface area contributed by atoms with Gasteiger partial charge in [-0.3, -0.25) is 4.90 Å². The lowest BCUT2D eigenvalue weighted by molar-refractivity contribution is 0.0378. The minimum Gasteiger partial charge on any atom is -0.507 e. The first-order valence-electron chi connectivity index (χ1n) is 9.40. The predicted octanol–water partition coefficient (Wildman–Crippen LogP) is 3.14. The number of nitrogens with one attached hydrogen (secondary N) is 1. The minimum atomic E-state index is 0.186. The summed E-state index contributed by atoms with van der Waals surface area (Å²) in [5, 5.41) is 14.6. The van der Waals surface area contributed by atoms with E-state index in [1.165, 1.54) is 0 Å². The second-order valence-electron chi connectivity index (χ2n) is 6.66. The van der Waals surface area contributed by atoms with Gasteiger partial charge in [0.05, 0.1) is 24.3 Å². The van der Waals surface area contributed by atoms with Gasteiger partial charge in [-0.25, -0.2) is 9.97 Å². The Kier molecular flexibility index (Phi) is 5.46. The van der Waals surface area contributed by atoms with Crippen molar-refractivity contribution in [3.63, 3.8) is 0 Å². The molecule has 0 amide bonds. The number of phenolic OH excluding ortho intramolecular Hbond substituents is 1. The SMILES string of the molecule is Oc1ccccc1-c1nc(NCCCN2CCOCC2)c2ccccc2n1. The monoisotopic (exact) mass is 364 g/mol. The van der Waals surface area contributed by atoms with Crippen LogP contribution in [0.2, 0.25) is 0 Å². The third-order valence-corrected chi connectivity index (χ3v) is 4.80. The lowest BCUT2D eigenvalue weighted by Gasteiger charge is -2.26. The molecule has 27 heavy (non-hydrogen) atoms. The average Bonchev–Trinajstić information content (AvgIpc) is 2.72. The van der Waals surface area contributed by atoms with E-state index in [9.17, 15) is 5.11 Å². The molecule has 0 atom stereocenters. The van der Waals surface area contributed by atoms with E-state index in [-0.39, 0.29) is 5.75 Å². The van der Waals surface area contributed by atoms with Crippen LogP contribution in [0.25, 0.3) is 22.3 Å². The van der Waals surface area contributed by atoms with E-state index in [1.807, 2.05) is 36.4 Å². The molecule has 1 fully saturated rings. The van der Waals surface area contributed by atoms with Crippen LogP contribution in [0.3, 0.4) is 0 Å². The predicted molar refractivity (Wildman–Crippen MR) is 107 cm³/mol. The summed E-state index contributed by atoms with van der Waals surface area (Å²) in [6.07, 6.45) is 1.03. The van der Waals surface area contributed by atoms with Gasteiger partial charge in [0.25, 0.3) is 0 Å². The highest BCUT2D eigenvalue weighted by atomic mass is 16.5. The van der Waals surface area contributed by atoms with E-state index in [0.717, 1.165) is 62.5 Å². The van der Waals surface area contributed by atoms with Crippen LogP contribution in [0.4, 0.5) is 5.82 Å². The Bertz CT molecular complexity index is 910. The number of rotatable bonds is 6. The van der Waals surface area contributed by atoms with Crippen LogP contribution >= 0.6 is 0 Å². The number of fused-ring (bicyclic) bond motifs is 1. The topological polar surface area (TPSA) is 70.5 Å². The van der Waals surface area contributed by atoms with Gasteiger partial charge in [-0.2, -0.15) is 0 Å². The summed E-state index contributed by atoms with van der Waals surface area (Å²) < 4.78 is 5.39. The molecule has 0 radical (unpaired) electrons. The molecule has 1 aromatic heterocycles. The van der Waals surface area contributed by atoms with Gasteiger partial charge in [-0.15, -0.1) is 0 Å². The summed E-state index contributed by atoms with van der Waals surface area (Å²) in [5.74, 6) is 1.52. The van der Waals surface area contributed by atoms with Crippen molar-refractivity contribution in [3.8, 4) is 17.1 Å². The van der Waals surface area contributed by atoms with Gasteiger partial charge < -0.3 is 15.2 Å². The standard InChI is InChI=1S/C21H24N4O2/c26-19-9-4-2-7-17(19)21-23-18-8-3-1-6-16(18)20(24-21)22-10-5-11-25-12-14-27-15-13-25/h1-4,6-9,26H,5,10-15H2,(H,22,23,24). The molecule has 0 spiro atoms. The third kappa shape index (κ3) is 4.18. The maximum atomic E-state index is 10.2. The molecule has 4 rings (SSSR count). The van der Waals surface area contributed by atoms with Crippen molar-refractivity contribution in [2.45, 2.75) is 6.42 Å². The number of para-hydroxylation sites is 2. The van der Waals surface area contributed by atoms with Crippen LogP contribution < -0.4 is 5.32 Å². The van der Waals surface area contributed by atoms with Crippen LogP contribution in [-0.2, 0) is 4.74 Å². The number of aromatic nitrogens is 2. The summed E-state index contributed by atoms with van der Waals surface area (Å²) in [6.45, 7) is 5.55. The second kappa shape index (κ2) is 8.33. The van der Waals surface area contributed by atoms with Crippen molar-refractivity contribution < 1.29 is 9.84 Å². The first kappa shape index (κ1) is 17.7. The van der Waals surface area contributed by atoms with Crippen molar-refractivity contribution in [1.82, 2.24) is 14.9 Å². The number of benzene rings is 2. The number of phenols is 1. The highest BCUT2D eigenvalue weighted by Crippen LogP contribution is 2.29. The second-order valence-corrected chi connectivity index (χ2v) is 6.66. The van der Waals surface area contributed by atoms with E-state index in [2.05, 4.69) is 15.2 Å². The Morgan fingerprint density at radius 2 is 1.78 bits per heavy atom. The van der Waals surface area contributed by atoms with Crippen molar-refractivity contribution >= 4 is 16.7 Å². The number of anilines is 1. The van der Waals surface area contributed by atoms with Crippen molar-refractivity contribution in [3.05, 3.63) is 48.5 Å². The van der Waals surface area contributed by atoms with Crippen molar-refractivity contribution in [2.24, 2.45) is 0 Å². The zero-order valence-electron chi connectivity index (χ0n) is 15.3. The van der Waals surface area contributed by atoms with Crippen LogP contribution in [0.15, 0.2) is 48.5 Å². The van der Waals surface area contributed by atoms with E-state index in [4.69, 9.17) is 9.72 Å². The molecule has 1 aliphatic rings. The molecule has 2 N–H and O–H groups in total. The molecule has 0 saturated carbocycles. The Balaban J connectivity index is 1.53. The summed E-state index contributed by atoms with van der Waals surface area (Å²) >= 11 is 0. The number of ether oxygens (including phenoxy) is 1. The molecule has 0 unspecified atom stereocenters. The quantitative estimate of drug-likeness (QED) is 0.655. The van der Waals surface area contributed by atoms with E-state index < -0.39 is 0 Å². The molecule has 3 aromatic rings. The highest BCUT2D eigenvalue weighted by molar-refractivity contribution is 5.90. The zero-order valence-corrected chi connectivity index (χ0v) is 15.3. The van der Waals surface area contributed by atoms with Gasteiger partial charge in [0.1, 0.15) is 11.6 Å². The molecule has 1 aliphatic heterocycles. The fraction of sp³-hybridized carbons (Fsp3) is 0.333.